The minimum absolute atomic E-state index is 0.149. The fourth-order valence-corrected chi connectivity index (χ4v) is 4.13. The lowest BCUT2D eigenvalue weighted by Crippen LogP contribution is -2.25. The van der Waals surface area contributed by atoms with Gasteiger partial charge < -0.3 is 9.88 Å². The molecule has 1 aliphatic rings. The van der Waals surface area contributed by atoms with Crippen LogP contribution in [-0.4, -0.2) is 33.5 Å². The number of carbonyl (C=O) groups excluding carboxylic acids is 1. The number of benzene rings is 1. The molecule has 3 aromatic rings. The predicted molar refractivity (Wildman–Crippen MR) is 112 cm³/mol. The van der Waals surface area contributed by atoms with Crippen molar-refractivity contribution < 1.29 is 4.79 Å². The van der Waals surface area contributed by atoms with Crippen LogP contribution in [0.25, 0.3) is 11.0 Å². The second kappa shape index (κ2) is 7.72. The van der Waals surface area contributed by atoms with Crippen LogP contribution >= 0.6 is 0 Å². The van der Waals surface area contributed by atoms with Crippen LogP contribution < -0.4 is 10.6 Å². The number of pyridine rings is 1. The third-order valence-corrected chi connectivity index (χ3v) is 5.37. The van der Waals surface area contributed by atoms with Crippen LogP contribution in [0.5, 0.6) is 0 Å². The van der Waals surface area contributed by atoms with E-state index in [1.165, 1.54) is 18.4 Å². The normalized spacial score (nSPS) is 17.5. The van der Waals surface area contributed by atoms with E-state index in [1.807, 2.05) is 38.1 Å². The van der Waals surface area contributed by atoms with Gasteiger partial charge in [-0.1, -0.05) is 18.6 Å². The van der Waals surface area contributed by atoms with Gasteiger partial charge in [-0.15, -0.1) is 0 Å². The third-order valence-electron chi connectivity index (χ3n) is 5.37. The highest BCUT2D eigenvalue weighted by Gasteiger charge is 2.23. The standard InChI is InChI=1S/C22H27N5O/c1-14-7-6-9-19-20(14)27(18-8-4-5-10-23-13-18)22(25-19)26-21(28)17-11-15(2)24-16(3)12-17/h6-7,9,11-12,18,23H,4-5,8,10,13H2,1-3H3,(H,25,26,28). The molecule has 6 heteroatoms. The van der Waals surface area contributed by atoms with Gasteiger partial charge in [-0.25, -0.2) is 4.98 Å². The number of para-hydroxylation sites is 1. The first-order valence-corrected chi connectivity index (χ1v) is 9.98. The van der Waals surface area contributed by atoms with Crippen molar-refractivity contribution in [2.45, 2.75) is 46.1 Å². The van der Waals surface area contributed by atoms with Crippen LogP contribution in [-0.2, 0) is 0 Å². The Morgan fingerprint density at radius 3 is 2.71 bits per heavy atom. The molecule has 0 spiro atoms. The van der Waals surface area contributed by atoms with Gasteiger partial charge in [0.15, 0.2) is 0 Å². The highest BCUT2D eigenvalue weighted by molar-refractivity contribution is 6.04. The maximum atomic E-state index is 13.0. The van der Waals surface area contributed by atoms with Crippen molar-refractivity contribution in [3.63, 3.8) is 0 Å². The van der Waals surface area contributed by atoms with Crippen LogP contribution in [0.15, 0.2) is 30.3 Å². The van der Waals surface area contributed by atoms with Gasteiger partial charge in [0.1, 0.15) is 0 Å². The van der Waals surface area contributed by atoms with Gasteiger partial charge in [0.05, 0.1) is 11.0 Å². The number of imidazole rings is 1. The van der Waals surface area contributed by atoms with Crippen LogP contribution in [0.2, 0.25) is 0 Å². The molecular weight excluding hydrogens is 350 g/mol. The minimum Gasteiger partial charge on any atom is -0.315 e. The maximum absolute atomic E-state index is 13.0. The molecule has 6 nitrogen and oxygen atoms in total. The molecule has 0 radical (unpaired) electrons. The third kappa shape index (κ3) is 3.64. The number of hydrogen-bond acceptors (Lipinski definition) is 4. The van der Waals surface area contributed by atoms with Gasteiger partial charge in [0.25, 0.3) is 5.91 Å². The van der Waals surface area contributed by atoms with Crippen molar-refractivity contribution in [2.75, 3.05) is 18.4 Å². The summed E-state index contributed by atoms with van der Waals surface area (Å²) >= 11 is 0. The van der Waals surface area contributed by atoms with Crippen molar-refractivity contribution in [3.8, 4) is 0 Å². The number of amides is 1. The number of aryl methyl sites for hydroxylation is 3. The Labute approximate surface area is 165 Å². The highest BCUT2D eigenvalue weighted by Crippen LogP contribution is 2.30. The fraction of sp³-hybridized carbons (Fsp3) is 0.409. The number of hydrogen-bond donors (Lipinski definition) is 2. The van der Waals surface area contributed by atoms with Crippen molar-refractivity contribution in [3.05, 3.63) is 52.8 Å². The van der Waals surface area contributed by atoms with Gasteiger partial charge in [-0.05, 0) is 63.9 Å². The zero-order valence-electron chi connectivity index (χ0n) is 16.7. The highest BCUT2D eigenvalue weighted by atomic mass is 16.1. The van der Waals surface area contributed by atoms with Crippen molar-refractivity contribution >= 4 is 22.9 Å². The zero-order chi connectivity index (χ0) is 19.7. The monoisotopic (exact) mass is 377 g/mol. The molecule has 3 heterocycles. The van der Waals surface area contributed by atoms with E-state index < -0.39 is 0 Å². The molecule has 1 saturated heterocycles. The summed E-state index contributed by atoms with van der Waals surface area (Å²) in [5, 5.41) is 6.60. The number of rotatable bonds is 3. The Morgan fingerprint density at radius 2 is 1.93 bits per heavy atom. The van der Waals surface area contributed by atoms with Gasteiger partial charge >= 0.3 is 0 Å². The van der Waals surface area contributed by atoms with Crippen LogP contribution in [0.3, 0.4) is 0 Å². The van der Waals surface area contributed by atoms with E-state index in [9.17, 15) is 4.79 Å². The lowest BCUT2D eigenvalue weighted by molar-refractivity contribution is 0.102. The van der Waals surface area contributed by atoms with Crippen LogP contribution in [0.1, 0.15) is 52.6 Å². The molecule has 1 atom stereocenters. The molecule has 146 valence electrons. The Hall–Kier alpha value is -2.73. The van der Waals surface area contributed by atoms with E-state index in [0.29, 0.717) is 11.5 Å². The molecule has 1 aromatic carbocycles. The van der Waals surface area contributed by atoms with E-state index in [-0.39, 0.29) is 11.9 Å². The van der Waals surface area contributed by atoms with Crippen molar-refractivity contribution in [1.82, 2.24) is 19.9 Å². The Bertz CT molecular complexity index is 995. The first kappa shape index (κ1) is 18.6. The number of fused-ring (bicyclic) bond motifs is 1. The summed E-state index contributed by atoms with van der Waals surface area (Å²) in [7, 11) is 0. The minimum atomic E-state index is -0.149. The lowest BCUT2D eigenvalue weighted by atomic mass is 10.1. The molecule has 4 rings (SSSR count). The van der Waals surface area contributed by atoms with Crippen LogP contribution in [0, 0.1) is 20.8 Å². The molecule has 1 unspecified atom stereocenters. The summed E-state index contributed by atoms with van der Waals surface area (Å²) in [6, 6.07) is 10.0. The second-order valence-corrected chi connectivity index (χ2v) is 7.69. The fourth-order valence-electron chi connectivity index (χ4n) is 4.13. The van der Waals surface area contributed by atoms with E-state index in [4.69, 9.17) is 4.98 Å². The van der Waals surface area contributed by atoms with Crippen LogP contribution in [0.4, 0.5) is 5.95 Å². The molecule has 1 amide bonds. The van der Waals surface area contributed by atoms with Gasteiger partial charge in [-0.3, -0.25) is 15.1 Å². The summed E-state index contributed by atoms with van der Waals surface area (Å²) in [5.74, 6) is 0.472. The number of carbonyl (C=O) groups is 1. The number of nitrogens with one attached hydrogen (secondary N) is 2. The van der Waals surface area contributed by atoms with E-state index >= 15 is 0 Å². The molecule has 0 aliphatic carbocycles. The summed E-state index contributed by atoms with van der Waals surface area (Å²) in [4.78, 5) is 22.1. The van der Waals surface area contributed by atoms with E-state index in [2.05, 4.69) is 33.2 Å². The van der Waals surface area contributed by atoms with Crippen molar-refractivity contribution in [2.24, 2.45) is 0 Å². The van der Waals surface area contributed by atoms with Gasteiger partial charge in [0.2, 0.25) is 5.95 Å². The largest absolute Gasteiger partial charge is 0.315 e. The molecule has 2 N–H and O–H groups in total. The first-order chi connectivity index (χ1) is 13.5. The molecule has 2 aromatic heterocycles. The quantitative estimate of drug-likeness (QED) is 0.726. The molecular formula is C22H27N5O. The van der Waals surface area contributed by atoms with Crippen molar-refractivity contribution in [1.29, 1.82) is 0 Å². The topological polar surface area (TPSA) is 71.8 Å². The summed E-state index contributed by atoms with van der Waals surface area (Å²) in [6.07, 6.45) is 3.42. The molecule has 0 bridgehead atoms. The lowest BCUT2D eigenvalue weighted by Gasteiger charge is -2.21. The molecule has 1 aliphatic heterocycles. The smallest absolute Gasteiger partial charge is 0.258 e. The second-order valence-electron chi connectivity index (χ2n) is 7.69. The van der Waals surface area contributed by atoms with Gasteiger partial charge in [0, 0.05) is 29.5 Å². The summed E-state index contributed by atoms with van der Waals surface area (Å²) in [6.45, 7) is 7.83. The Balaban J connectivity index is 1.76. The average Bonchev–Trinajstić information content (AvgIpc) is 2.82. The summed E-state index contributed by atoms with van der Waals surface area (Å²) in [5.41, 5.74) is 5.48. The molecule has 0 saturated carbocycles. The SMILES string of the molecule is Cc1cc(C(=O)Nc2nc3cccc(C)c3n2C2CCCCNC2)cc(C)n1. The predicted octanol–water partition coefficient (Wildman–Crippen LogP) is 3.92. The van der Waals surface area contributed by atoms with E-state index in [1.54, 1.807) is 0 Å². The maximum Gasteiger partial charge on any atom is 0.258 e. The molecule has 1 fully saturated rings. The Kier molecular flexibility index (Phi) is 5.13. The van der Waals surface area contributed by atoms with E-state index in [0.717, 1.165) is 41.9 Å². The number of nitrogens with zero attached hydrogens (tertiary/aromatic N) is 3. The number of aromatic nitrogens is 3. The van der Waals surface area contributed by atoms with Gasteiger partial charge in [-0.2, -0.15) is 0 Å². The average molecular weight is 377 g/mol. The zero-order valence-corrected chi connectivity index (χ0v) is 16.7. The Morgan fingerprint density at radius 1 is 1.14 bits per heavy atom. The number of anilines is 1. The molecule has 28 heavy (non-hydrogen) atoms. The first-order valence-electron chi connectivity index (χ1n) is 9.98. The summed E-state index contributed by atoms with van der Waals surface area (Å²) < 4.78 is 2.22.